The van der Waals surface area contributed by atoms with Gasteiger partial charge in [-0.3, -0.25) is 0 Å². The Hall–Kier alpha value is -0.980. The predicted octanol–water partition coefficient (Wildman–Crippen LogP) is 1.79. The molecule has 0 fully saturated rings. The molecule has 0 amide bonds. The van der Waals surface area contributed by atoms with E-state index in [0.29, 0.717) is 19.6 Å². The van der Waals surface area contributed by atoms with E-state index in [1.165, 1.54) is 36.5 Å². The van der Waals surface area contributed by atoms with Crippen LogP contribution in [0.2, 0.25) is 0 Å². The van der Waals surface area contributed by atoms with Crippen LogP contribution in [0.25, 0.3) is 0 Å². The maximum atomic E-state index is 13.4. The van der Waals surface area contributed by atoms with Gasteiger partial charge in [-0.25, -0.2) is 17.1 Å². The van der Waals surface area contributed by atoms with E-state index in [2.05, 4.69) is 0 Å². The van der Waals surface area contributed by atoms with Gasteiger partial charge in [-0.2, -0.15) is 0 Å². The first-order chi connectivity index (χ1) is 8.41. The number of hydrogen-bond donors (Lipinski definition) is 0. The van der Waals surface area contributed by atoms with Gasteiger partial charge in [0.2, 0.25) is 10.0 Å². The molecule has 102 valence electrons. The second-order valence-corrected chi connectivity index (χ2v) is 6.05. The fraction of sp³-hybridized carbons (Fsp3) is 0.500. The molecule has 0 saturated heterocycles. The minimum atomic E-state index is -3.63. The number of hydrogen-bond acceptors (Lipinski definition) is 3. The van der Waals surface area contributed by atoms with Crippen molar-refractivity contribution < 1.29 is 17.5 Å². The molecule has 0 heterocycles. The Bertz CT molecular complexity index is 502. The summed E-state index contributed by atoms with van der Waals surface area (Å²) in [6, 6.07) is 4.07. The summed E-state index contributed by atoms with van der Waals surface area (Å²) in [6.07, 6.45) is 0.598. The molecule has 0 bridgehead atoms. The van der Waals surface area contributed by atoms with Crippen LogP contribution in [-0.4, -0.2) is 40.0 Å². The molecule has 0 aliphatic heterocycles. The molecular weight excluding hydrogens is 257 g/mol. The van der Waals surface area contributed by atoms with Gasteiger partial charge >= 0.3 is 0 Å². The summed E-state index contributed by atoms with van der Waals surface area (Å²) < 4.78 is 43.9. The van der Waals surface area contributed by atoms with Gasteiger partial charge in [0.25, 0.3) is 0 Å². The van der Waals surface area contributed by atoms with Crippen LogP contribution in [-0.2, 0) is 14.8 Å². The molecule has 1 aromatic rings. The molecule has 1 rings (SSSR count). The lowest BCUT2D eigenvalue weighted by atomic mass is 10.2. The van der Waals surface area contributed by atoms with E-state index >= 15 is 0 Å². The number of rotatable bonds is 6. The summed E-state index contributed by atoms with van der Waals surface area (Å²) in [4.78, 5) is 0.0161. The quantitative estimate of drug-likeness (QED) is 0.744. The van der Waals surface area contributed by atoms with Crippen molar-refractivity contribution in [1.82, 2.24) is 4.31 Å². The first kappa shape index (κ1) is 15.1. The Balaban J connectivity index is 2.95. The normalized spacial score (nSPS) is 12.1. The molecule has 0 N–H and O–H groups in total. The van der Waals surface area contributed by atoms with Crippen molar-refractivity contribution in [1.29, 1.82) is 0 Å². The van der Waals surface area contributed by atoms with Gasteiger partial charge in [0.05, 0.1) is 4.90 Å². The number of benzene rings is 1. The number of ether oxygens (including phenoxy) is 1. The van der Waals surface area contributed by atoms with Crippen LogP contribution in [0.3, 0.4) is 0 Å². The van der Waals surface area contributed by atoms with E-state index in [0.717, 1.165) is 0 Å². The van der Waals surface area contributed by atoms with Gasteiger partial charge in [-0.15, -0.1) is 0 Å². The van der Waals surface area contributed by atoms with Crippen LogP contribution in [0.15, 0.2) is 23.1 Å². The largest absolute Gasteiger partial charge is 0.385 e. The smallest absolute Gasteiger partial charge is 0.243 e. The summed E-state index contributed by atoms with van der Waals surface area (Å²) >= 11 is 0. The maximum Gasteiger partial charge on any atom is 0.243 e. The summed E-state index contributed by atoms with van der Waals surface area (Å²) in [6.45, 7) is 2.29. The topological polar surface area (TPSA) is 46.6 Å². The summed E-state index contributed by atoms with van der Waals surface area (Å²) in [7, 11) is -0.593. The fourth-order valence-electron chi connectivity index (χ4n) is 1.59. The van der Waals surface area contributed by atoms with Crippen molar-refractivity contribution in [3.63, 3.8) is 0 Å². The average Bonchev–Trinajstić information content (AvgIpc) is 2.32. The highest BCUT2D eigenvalue weighted by molar-refractivity contribution is 7.89. The summed E-state index contributed by atoms with van der Waals surface area (Å²) in [5.74, 6) is -0.513. The molecule has 0 unspecified atom stereocenters. The summed E-state index contributed by atoms with van der Waals surface area (Å²) in [5.41, 5.74) is 0.149. The SMILES string of the molecule is COCCCN(C)S(=O)(=O)c1cccc(F)c1C. The van der Waals surface area contributed by atoms with Gasteiger partial charge < -0.3 is 4.74 Å². The van der Waals surface area contributed by atoms with Gasteiger partial charge in [0, 0.05) is 32.9 Å². The molecule has 0 spiro atoms. The van der Waals surface area contributed by atoms with Crippen molar-refractivity contribution in [2.24, 2.45) is 0 Å². The lowest BCUT2D eigenvalue weighted by Crippen LogP contribution is -2.29. The first-order valence-corrected chi connectivity index (χ1v) is 7.05. The van der Waals surface area contributed by atoms with Gasteiger partial charge in [0.1, 0.15) is 5.82 Å². The molecule has 0 saturated carbocycles. The zero-order valence-electron chi connectivity index (χ0n) is 10.8. The molecule has 1 aromatic carbocycles. The highest BCUT2D eigenvalue weighted by Crippen LogP contribution is 2.20. The van der Waals surface area contributed by atoms with Crippen LogP contribution in [0, 0.1) is 12.7 Å². The molecule has 0 aromatic heterocycles. The Kier molecular flexibility index (Phi) is 5.25. The van der Waals surface area contributed by atoms with Gasteiger partial charge in [-0.05, 0) is 25.5 Å². The van der Waals surface area contributed by atoms with E-state index in [1.54, 1.807) is 7.11 Å². The van der Waals surface area contributed by atoms with Crippen molar-refractivity contribution in [2.75, 3.05) is 27.3 Å². The van der Waals surface area contributed by atoms with E-state index in [9.17, 15) is 12.8 Å². The Morgan fingerprint density at radius 3 is 2.67 bits per heavy atom. The second-order valence-electron chi connectivity index (χ2n) is 4.04. The molecule has 4 nitrogen and oxygen atoms in total. The van der Waals surface area contributed by atoms with E-state index in [1.807, 2.05) is 0 Å². The zero-order chi connectivity index (χ0) is 13.8. The maximum absolute atomic E-state index is 13.4. The van der Waals surface area contributed by atoms with Crippen LogP contribution < -0.4 is 0 Å². The number of nitrogens with zero attached hydrogens (tertiary/aromatic N) is 1. The van der Waals surface area contributed by atoms with Gasteiger partial charge in [-0.1, -0.05) is 6.07 Å². The van der Waals surface area contributed by atoms with Crippen molar-refractivity contribution in [2.45, 2.75) is 18.2 Å². The molecule has 0 aliphatic carbocycles. The first-order valence-electron chi connectivity index (χ1n) is 5.61. The minimum Gasteiger partial charge on any atom is -0.385 e. The second kappa shape index (κ2) is 6.26. The molecular formula is C12H18FNO3S. The Labute approximate surface area is 107 Å². The third kappa shape index (κ3) is 3.28. The lowest BCUT2D eigenvalue weighted by molar-refractivity contribution is 0.189. The number of methoxy groups -OCH3 is 1. The fourth-order valence-corrected chi connectivity index (χ4v) is 3.03. The predicted molar refractivity (Wildman–Crippen MR) is 67.4 cm³/mol. The van der Waals surface area contributed by atoms with Crippen LogP contribution in [0.1, 0.15) is 12.0 Å². The third-order valence-corrected chi connectivity index (χ3v) is 4.73. The summed E-state index contributed by atoms with van der Waals surface area (Å²) in [5, 5.41) is 0. The zero-order valence-corrected chi connectivity index (χ0v) is 11.6. The number of halogens is 1. The Morgan fingerprint density at radius 1 is 1.39 bits per heavy atom. The monoisotopic (exact) mass is 275 g/mol. The van der Waals surface area contributed by atoms with Gasteiger partial charge in [0.15, 0.2) is 0 Å². The third-order valence-electron chi connectivity index (χ3n) is 2.73. The molecule has 0 radical (unpaired) electrons. The molecule has 6 heteroatoms. The van der Waals surface area contributed by atoms with Crippen molar-refractivity contribution in [3.8, 4) is 0 Å². The van der Waals surface area contributed by atoms with E-state index in [-0.39, 0.29) is 10.5 Å². The van der Waals surface area contributed by atoms with Crippen LogP contribution >= 0.6 is 0 Å². The average molecular weight is 275 g/mol. The van der Waals surface area contributed by atoms with Crippen molar-refractivity contribution in [3.05, 3.63) is 29.6 Å². The molecule has 0 aliphatic rings. The highest BCUT2D eigenvalue weighted by Gasteiger charge is 2.23. The van der Waals surface area contributed by atoms with E-state index in [4.69, 9.17) is 4.74 Å². The standard InChI is InChI=1S/C12H18FNO3S/c1-10-11(13)6-4-7-12(10)18(15,16)14(2)8-5-9-17-3/h4,6-7H,5,8-9H2,1-3H3. The van der Waals surface area contributed by atoms with E-state index < -0.39 is 15.8 Å². The Morgan fingerprint density at radius 2 is 2.06 bits per heavy atom. The van der Waals surface area contributed by atoms with Crippen LogP contribution in [0.4, 0.5) is 4.39 Å². The minimum absolute atomic E-state index is 0.0161. The molecule has 18 heavy (non-hydrogen) atoms. The molecule has 0 atom stereocenters. The van der Waals surface area contributed by atoms with Crippen LogP contribution in [0.5, 0.6) is 0 Å². The highest BCUT2D eigenvalue weighted by atomic mass is 32.2. The van der Waals surface area contributed by atoms with Crippen molar-refractivity contribution >= 4 is 10.0 Å². The lowest BCUT2D eigenvalue weighted by Gasteiger charge is -2.18. The number of sulfonamides is 1.